The molecule has 0 saturated carbocycles. The zero-order valence-electron chi connectivity index (χ0n) is 14.8. The lowest BCUT2D eigenvalue weighted by atomic mass is 10.0. The van der Waals surface area contributed by atoms with E-state index in [0.29, 0.717) is 16.5 Å². The molecule has 0 aliphatic carbocycles. The van der Waals surface area contributed by atoms with Crippen LogP contribution in [0.3, 0.4) is 0 Å². The lowest BCUT2D eigenvalue weighted by molar-refractivity contribution is 0.0313. The summed E-state index contributed by atoms with van der Waals surface area (Å²) in [6, 6.07) is 13.4. The van der Waals surface area contributed by atoms with Crippen LogP contribution in [0, 0.1) is 13.8 Å². The van der Waals surface area contributed by atoms with Gasteiger partial charge >= 0.3 is 5.97 Å². The molecule has 1 aromatic heterocycles. The third-order valence-electron chi connectivity index (χ3n) is 4.40. The number of hydrogen-bond donors (Lipinski definition) is 1. The molecular formula is C21H19NO4. The molecule has 2 aromatic carbocycles. The lowest BCUT2D eigenvalue weighted by Crippen LogP contribution is -2.25. The molecule has 0 amide bonds. The standard InChI is InChI=1S/C21H19NO4/c1-12-8-9-15(10-13(12)2)20(24)14(3)26-21(25)18-11-19(23)16-6-4-5-7-17(16)22-18/h4-11,14H,1-3H3,(H,22,23)/t14-/m1/s1. The average Bonchev–Trinajstić information content (AvgIpc) is 2.63. The van der Waals surface area contributed by atoms with Crippen molar-refractivity contribution in [2.24, 2.45) is 0 Å². The number of carbonyl (C=O) groups is 2. The Bertz CT molecular complexity index is 1070. The number of Topliss-reactive ketones (excluding diaryl/α,β-unsaturated/α-hetero) is 1. The molecule has 5 heteroatoms. The second-order valence-electron chi connectivity index (χ2n) is 6.30. The third-order valence-corrected chi connectivity index (χ3v) is 4.40. The molecule has 26 heavy (non-hydrogen) atoms. The Morgan fingerprint density at radius 1 is 1.00 bits per heavy atom. The monoisotopic (exact) mass is 349 g/mol. The average molecular weight is 349 g/mol. The minimum atomic E-state index is -0.959. The number of pyridine rings is 1. The molecule has 0 unspecified atom stereocenters. The van der Waals surface area contributed by atoms with Crippen LogP contribution >= 0.6 is 0 Å². The van der Waals surface area contributed by atoms with Crippen LogP contribution < -0.4 is 5.43 Å². The predicted molar refractivity (Wildman–Crippen MR) is 99.7 cm³/mol. The number of aryl methyl sites for hydroxylation is 2. The van der Waals surface area contributed by atoms with Crippen molar-refractivity contribution in [3.05, 3.63) is 81.1 Å². The summed E-state index contributed by atoms with van der Waals surface area (Å²) < 4.78 is 5.27. The molecule has 1 atom stereocenters. The van der Waals surface area contributed by atoms with Crippen LogP contribution in [0.2, 0.25) is 0 Å². The Morgan fingerprint density at radius 2 is 1.73 bits per heavy atom. The van der Waals surface area contributed by atoms with E-state index >= 15 is 0 Å². The van der Waals surface area contributed by atoms with E-state index in [4.69, 9.17) is 4.74 Å². The highest BCUT2D eigenvalue weighted by molar-refractivity contribution is 6.01. The second-order valence-corrected chi connectivity index (χ2v) is 6.30. The van der Waals surface area contributed by atoms with Crippen LogP contribution in [0.15, 0.2) is 53.3 Å². The summed E-state index contributed by atoms with van der Waals surface area (Å²) in [7, 11) is 0. The first kappa shape index (κ1) is 17.6. The van der Waals surface area contributed by atoms with Crippen molar-refractivity contribution in [3.63, 3.8) is 0 Å². The van der Waals surface area contributed by atoms with Gasteiger partial charge in [0, 0.05) is 22.5 Å². The zero-order valence-corrected chi connectivity index (χ0v) is 14.8. The lowest BCUT2D eigenvalue weighted by Gasteiger charge is -2.13. The van der Waals surface area contributed by atoms with Gasteiger partial charge < -0.3 is 9.72 Å². The first-order valence-corrected chi connectivity index (χ1v) is 8.31. The van der Waals surface area contributed by atoms with Gasteiger partial charge in [0.25, 0.3) is 0 Å². The molecule has 0 aliphatic heterocycles. The van der Waals surface area contributed by atoms with Gasteiger partial charge in [0.1, 0.15) is 5.69 Å². The number of ether oxygens (including phenoxy) is 1. The molecule has 0 spiro atoms. The number of para-hydroxylation sites is 1. The van der Waals surface area contributed by atoms with E-state index in [0.717, 1.165) is 11.1 Å². The van der Waals surface area contributed by atoms with Gasteiger partial charge in [0.15, 0.2) is 11.5 Å². The summed E-state index contributed by atoms with van der Waals surface area (Å²) in [6.07, 6.45) is -0.959. The topological polar surface area (TPSA) is 76.2 Å². The Balaban J connectivity index is 1.81. The molecule has 0 saturated heterocycles. The van der Waals surface area contributed by atoms with Crippen molar-refractivity contribution in [2.45, 2.75) is 26.9 Å². The normalized spacial score (nSPS) is 12.0. The highest BCUT2D eigenvalue weighted by Gasteiger charge is 2.21. The predicted octanol–water partition coefficient (Wildman–Crippen LogP) is 3.57. The minimum Gasteiger partial charge on any atom is -0.450 e. The number of nitrogens with one attached hydrogen (secondary N) is 1. The quantitative estimate of drug-likeness (QED) is 0.577. The highest BCUT2D eigenvalue weighted by atomic mass is 16.5. The molecule has 0 fully saturated rings. The van der Waals surface area contributed by atoms with Crippen LogP contribution in [-0.2, 0) is 4.74 Å². The molecule has 1 N–H and O–H groups in total. The Labute approximate surface area is 150 Å². The Morgan fingerprint density at radius 3 is 2.46 bits per heavy atom. The zero-order chi connectivity index (χ0) is 18.8. The maximum absolute atomic E-state index is 12.5. The second kappa shape index (κ2) is 6.96. The fraction of sp³-hybridized carbons (Fsp3) is 0.190. The van der Waals surface area contributed by atoms with Crippen LogP contribution in [-0.4, -0.2) is 22.8 Å². The molecule has 3 rings (SSSR count). The molecule has 0 aliphatic rings. The van der Waals surface area contributed by atoms with Gasteiger partial charge in [0.05, 0.1) is 0 Å². The van der Waals surface area contributed by atoms with Gasteiger partial charge in [-0.15, -0.1) is 0 Å². The number of H-pyrrole nitrogens is 1. The fourth-order valence-corrected chi connectivity index (χ4v) is 2.71. The number of fused-ring (bicyclic) bond motifs is 1. The van der Waals surface area contributed by atoms with Crippen LogP contribution in [0.5, 0.6) is 0 Å². The third kappa shape index (κ3) is 3.42. The number of benzene rings is 2. The number of hydrogen-bond acceptors (Lipinski definition) is 4. The number of carbonyl (C=O) groups excluding carboxylic acids is 2. The molecule has 0 bridgehead atoms. The van der Waals surface area contributed by atoms with E-state index in [9.17, 15) is 14.4 Å². The van der Waals surface area contributed by atoms with Crippen LogP contribution in [0.4, 0.5) is 0 Å². The largest absolute Gasteiger partial charge is 0.450 e. The van der Waals surface area contributed by atoms with Crippen LogP contribution in [0.1, 0.15) is 38.9 Å². The summed E-state index contributed by atoms with van der Waals surface area (Å²) in [6.45, 7) is 5.40. The van der Waals surface area contributed by atoms with Crippen molar-refractivity contribution in [1.29, 1.82) is 0 Å². The number of aromatic nitrogens is 1. The van der Waals surface area contributed by atoms with E-state index < -0.39 is 12.1 Å². The first-order valence-electron chi connectivity index (χ1n) is 8.31. The summed E-state index contributed by atoms with van der Waals surface area (Å²) in [4.78, 5) is 39.9. The van der Waals surface area contributed by atoms with Gasteiger partial charge in [-0.1, -0.05) is 24.3 Å². The van der Waals surface area contributed by atoms with Gasteiger partial charge in [0.2, 0.25) is 5.78 Å². The van der Waals surface area contributed by atoms with Crippen molar-refractivity contribution >= 4 is 22.7 Å². The highest BCUT2D eigenvalue weighted by Crippen LogP contribution is 2.14. The van der Waals surface area contributed by atoms with Gasteiger partial charge in [-0.05, 0) is 50.1 Å². The number of esters is 1. The molecule has 5 nitrogen and oxygen atoms in total. The van der Waals surface area contributed by atoms with E-state index in [1.807, 2.05) is 19.9 Å². The summed E-state index contributed by atoms with van der Waals surface area (Å²) in [5.74, 6) is -1.03. The van der Waals surface area contributed by atoms with E-state index in [-0.39, 0.29) is 16.9 Å². The van der Waals surface area contributed by atoms with E-state index in [1.54, 1.807) is 36.4 Å². The summed E-state index contributed by atoms with van der Waals surface area (Å²) in [5.41, 5.74) is 2.85. The Hall–Kier alpha value is -3.21. The molecule has 3 aromatic rings. The summed E-state index contributed by atoms with van der Waals surface area (Å²) >= 11 is 0. The van der Waals surface area contributed by atoms with Gasteiger partial charge in [-0.25, -0.2) is 4.79 Å². The Kier molecular flexibility index (Phi) is 4.71. The van der Waals surface area contributed by atoms with E-state index in [2.05, 4.69) is 4.98 Å². The van der Waals surface area contributed by atoms with Crippen molar-refractivity contribution < 1.29 is 14.3 Å². The summed E-state index contributed by atoms with van der Waals surface area (Å²) in [5, 5.41) is 0.489. The fourth-order valence-electron chi connectivity index (χ4n) is 2.71. The van der Waals surface area contributed by atoms with E-state index in [1.165, 1.54) is 13.0 Å². The maximum Gasteiger partial charge on any atom is 0.355 e. The first-order chi connectivity index (χ1) is 12.4. The number of ketones is 1. The number of rotatable bonds is 4. The smallest absolute Gasteiger partial charge is 0.355 e. The molecule has 1 heterocycles. The van der Waals surface area contributed by atoms with Crippen LogP contribution in [0.25, 0.3) is 10.9 Å². The SMILES string of the molecule is Cc1ccc(C(=O)[C@@H](C)OC(=O)c2cc(=O)c3ccccc3[nH]2)cc1C. The minimum absolute atomic E-state index is 0.0217. The maximum atomic E-state index is 12.5. The number of aromatic amines is 1. The molecule has 132 valence electrons. The van der Waals surface area contributed by atoms with Crippen molar-refractivity contribution in [1.82, 2.24) is 4.98 Å². The van der Waals surface area contributed by atoms with Gasteiger partial charge in [-0.2, -0.15) is 0 Å². The molecular weight excluding hydrogens is 330 g/mol. The van der Waals surface area contributed by atoms with Crippen molar-refractivity contribution in [2.75, 3.05) is 0 Å². The molecule has 0 radical (unpaired) electrons. The van der Waals surface area contributed by atoms with Gasteiger partial charge in [-0.3, -0.25) is 9.59 Å². The van der Waals surface area contributed by atoms with Crippen molar-refractivity contribution in [3.8, 4) is 0 Å².